The molecule has 2 unspecified atom stereocenters. The second kappa shape index (κ2) is 5.34. The van der Waals surface area contributed by atoms with Crippen LogP contribution in [0.25, 0.3) is 10.2 Å². The summed E-state index contributed by atoms with van der Waals surface area (Å²) in [6.07, 6.45) is 2.74. The monoisotopic (exact) mass is 262 g/mol. The van der Waals surface area contributed by atoms with Gasteiger partial charge in [0.25, 0.3) is 0 Å². The quantitative estimate of drug-likeness (QED) is 0.920. The highest BCUT2D eigenvalue weighted by Crippen LogP contribution is 2.22. The summed E-state index contributed by atoms with van der Waals surface area (Å²) in [5.74, 6) is 0. The van der Waals surface area contributed by atoms with E-state index in [-0.39, 0.29) is 0 Å². The predicted octanol–water partition coefficient (Wildman–Crippen LogP) is 2.95. The zero-order valence-electron chi connectivity index (χ0n) is 10.6. The average Bonchev–Trinajstić information content (AvgIpc) is 3.04. The Morgan fingerprint density at radius 2 is 2.39 bits per heavy atom. The average molecular weight is 262 g/mol. The van der Waals surface area contributed by atoms with E-state index in [0.29, 0.717) is 12.1 Å². The third kappa shape index (κ3) is 2.55. The van der Waals surface area contributed by atoms with Gasteiger partial charge in [-0.3, -0.25) is 0 Å². The Bertz CT molecular complexity index is 486. The van der Waals surface area contributed by atoms with Crippen LogP contribution in [0.15, 0.2) is 24.3 Å². The van der Waals surface area contributed by atoms with Gasteiger partial charge < -0.3 is 10.1 Å². The molecule has 0 spiro atoms. The normalized spacial score (nSPS) is 21.5. The molecule has 1 aliphatic rings. The Kier molecular flexibility index (Phi) is 3.59. The number of rotatable bonds is 4. The number of hydrogen-bond donors (Lipinski definition) is 1. The van der Waals surface area contributed by atoms with Crippen molar-refractivity contribution in [3.63, 3.8) is 0 Å². The van der Waals surface area contributed by atoms with Gasteiger partial charge in [0.2, 0.25) is 0 Å². The van der Waals surface area contributed by atoms with E-state index in [0.717, 1.165) is 23.7 Å². The Morgan fingerprint density at radius 3 is 3.17 bits per heavy atom. The number of thiazole rings is 1. The van der Waals surface area contributed by atoms with Crippen molar-refractivity contribution in [2.75, 3.05) is 6.61 Å². The van der Waals surface area contributed by atoms with Gasteiger partial charge in [-0.15, -0.1) is 11.3 Å². The van der Waals surface area contributed by atoms with E-state index < -0.39 is 0 Å². The van der Waals surface area contributed by atoms with Gasteiger partial charge in [0.1, 0.15) is 5.01 Å². The van der Waals surface area contributed by atoms with E-state index >= 15 is 0 Å². The highest BCUT2D eigenvalue weighted by Gasteiger charge is 2.21. The second-order valence-corrected chi connectivity index (χ2v) is 5.91. The number of fused-ring (bicyclic) bond motifs is 1. The molecule has 1 saturated heterocycles. The zero-order chi connectivity index (χ0) is 12.4. The maximum Gasteiger partial charge on any atom is 0.108 e. The van der Waals surface area contributed by atoms with E-state index in [9.17, 15) is 0 Å². The first-order chi connectivity index (χ1) is 8.83. The molecule has 18 heavy (non-hydrogen) atoms. The van der Waals surface area contributed by atoms with E-state index in [1.54, 1.807) is 11.3 Å². The molecule has 0 amide bonds. The van der Waals surface area contributed by atoms with E-state index in [1.165, 1.54) is 17.5 Å². The lowest BCUT2D eigenvalue weighted by Crippen LogP contribution is -2.36. The highest BCUT2D eigenvalue weighted by molar-refractivity contribution is 7.18. The largest absolute Gasteiger partial charge is 0.377 e. The number of nitrogens with one attached hydrogen (secondary N) is 1. The molecule has 0 aliphatic carbocycles. The van der Waals surface area contributed by atoms with Crippen molar-refractivity contribution in [1.82, 2.24) is 10.3 Å². The fraction of sp³-hybridized carbons (Fsp3) is 0.500. The van der Waals surface area contributed by atoms with Crippen molar-refractivity contribution in [2.45, 2.75) is 38.5 Å². The van der Waals surface area contributed by atoms with Gasteiger partial charge in [-0.2, -0.15) is 0 Å². The number of aromatic nitrogens is 1. The summed E-state index contributed by atoms with van der Waals surface area (Å²) >= 11 is 1.77. The molecule has 1 aliphatic heterocycles. The predicted molar refractivity (Wildman–Crippen MR) is 74.9 cm³/mol. The van der Waals surface area contributed by atoms with Gasteiger partial charge >= 0.3 is 0 Å². The van der Waals surface area contributed by atoms with Crippen LogP contribution in [0.3, 0.4) is 0 Å². The van der Waals surface area contributed by atoms with Gasteiger partial charge in [-0.1, -0.05) is 12.1 Å². The topological polar surface area (TPSA) is 34.2 Å². The lowest BCUT2D eigenvalue weighted by molar-refractivity contribution is 0.0832. The van der Waals surface area contributed by atoms with Crippen LogP contribution >= 0.6 is 11.3 Å². The molecular weight excluding hydrogens is 244 g/mol. The van der Waals surface area contributed by atoms with E-state index in [4.69, 9.17) is 4.74 Å². The SMILES string of the molecule is CC(NCc1nc2ccccc2s1)C1CCCO1. The molecular formula is C14H18N2OS. The molecule has 2 atom stereocenters. The van der Waals surface area contributed by atoms with Gasteiger partial charge in [0.05, 0.1) is 16.3 Å². The Morgan fingerprint density at radius 1 is 1.50 bits per heavy atom. The van der Waals surface area contributed by atoms with Crippen LogP contribution < -0.4 is 5.32 Å². The van der Waals surface area contributed by atoms with Gasteiger partial charge in [-0.25, -0.2) is 4.98 Å². The summed E-state index contributed by atoms with van der Waals surface area (Å²) in [4.78, 5) is 4.63. The molecule has 2 heterocycles. The van der Waals surface area contributed by atoms with Gasteiger partial charge in [-0.05, 0) is 31.9 Å². The Balaban J connectivity index is 1.62. The fourth-order valence-corrected chi connectivity index (χ4v) is 3.29. The molecule has 0 radical (unpaired) electrons. The Labute approximate surface area is 111 Å². The summed E-state index contributed by atoms with van der Waals surface area (Å²) in [6.45, 7) is 3.95. The maximum absolute atomic E-state index is 5.68. The Hall–Kier alpha value is -0.970. The van der Waals surface area contributed by atoms with Crippen molar-refractivity contribution >= 4 is 21.6 Å². The molecule has 4 heteroatoms. The van der Waals surface area contributed by atoms with E-state index in [2.05, 4.69) is 35.4 Å². The first kappa shape index (κ1) is 12.1. The summed E-state index contributed by atoms with van der Waals surface area (Å²) < 4.78 is 6.95. The van der Waals surface area contributed by atoms with Gasteiger partial charge in [0, 0.05) is 19.2 Å². The number of hydrogen-bond acceptors (Lipinski definition) is 4. The fourth-order valence-electron chi connectivity index (χ4n) is 2.37. The third-order valence-corrected chi connectivity index (χ3v) is 4.47. The number of benzene rings is 1. The molecule has 2 aromatic rings. The molecule has 96 valence electrons. The van der Waals surface area contributed by atoms with Crippen molar-refractivity contribution in [3.05, 3.63) is 29.3 Å². The molecule has 1 fully saturated rings. The summed E-state index contributed by atoms with van der Waals surface area (Å²) in [5, 5.41) is 4.68. The minimum atomic E-state index is 0.374. The molecule has 3 nitrogen and oxygen atoms in total. The van der Waals surface area contributed by atoms with E-state index in [1.807, 2.05) is 6.07 Å². The van der Waals surface area contributed by atoms with Crippen LogP contribution in [0.4, 0.5) is 0 Å². The van der Waals surface area contributed by atoms with Crippen LogP contribution in [0, 0.1) is 0 Å². The van der Waals surface area contributed by atoms with Crippen LogP contribution in [0.5, 0.6) is 0 Å². The third-order valence-electron chi connectivity index (χ3n) is 3.44. The van der Waals surface area contributed by atoms with Crippen molar-refractivity contribution in [3.8, 4) is 0 Å². The number of nitrogens with zero attached hydrogens (tertiary/aromatic N) is 1. The highest BCUT2D eigenvalue weighted by atomic mass is 32.1. The van der Waals surface area contributed by atoms with Crippen LogP contribution in [-0.4, -0.2) is 23.7 Å². The maximum atomic E-state index is 5.68. The summed E-state index contributed by atoms with van der Waals surface area (Å²) in [5.41, 5.74) is 1.10. The first-order valence-corrected chi connectivity index (χ1v) is 7.34. The standard InChI is InChI=1S/C14H18N2OS/c1-10(12-6-4-8-17-12)15-9-14-16-11-5-2-3-7-13(11)18-14/h2-3,5,7,10,12,15H,4,6,8-9H2,1H3. The zero-order valence-corrected chi connectivity index (χ0v) is 11.4. The lowest BCUT2D eigenvalue weighted by atomic mass is 10.1. The molecule has 1 N–H and O–H groups in total. The van der Waals surface area contributed by atoms with Gasteiger partial charge in [0.15, 0.2) is 0 Å². The summed E-state index contributed by atoms with van der Waals surface area (Å²) in [7, 11) is 0. The molecule has 3 rings (SSSR count). The number of ether oxygens (including phenoxy) is 1. The number of para-hydroxylation sites is 1. The van der Waals surface area contributed by atoms with Crippen LogP contribution in [0.1, 0.15) is 24.8 Å². The molecule has 0 bridgehead atoms. The second-order valence-electron chi connectivity index (χ2n) is 4.80. The molecule has 1 aromatic carbocycles. The smallest absolute Gasteiger partial charge is 0.108 e. The van der Waals surface area contributed by atoms with Crippen molar-refractivity contribution in [1.29, 1.82) is 0 Å². The summed E-state index contributed by atoms with van der Waals surface area (Å²) in [6, 6.07) is 8.69. The van der Waals surface area contributed by atoms with Crippen molar-refractivity contribution in [2.24, 2.45) is 0 Å². The molecule has 0 saturated carbocycles. The lowest BCUT2D eigenvalue weighted by Gasteiger charge is -2.19. The minimum absolute atomic E-state index is 0.374. The molecule has 1 aromatic heterocycles. The minimum Gasteiger partial charge on any atom is -0.377 e. The van der Waals surface area contributed by atoms with Crippen molar-refractivity contribution < 1.29 is 4.74 Å². The van der Waals surface area contributed by atoms with Crippen LogP contribution in [-0.2, 0) is 11.3 Å². The first-order valence-electron chi connectivity index (χ1n) is 6.52. The van der Waals surface area contributed by atoms with Crippen LogP contribution in [0.2, 0.25) is 0 Å².